The fourth-order valence-corrected chi connectivity index (χ4v) is 2.92. The summed E-state index contributed by atoms with van der Waals surface area (Å²) >= 11 is 0.358. The van der Waals surface area contributed by atoms with Gasteiger partial charge in [-0.05, 0) is 0 Å². The van der Waals surface area contributed by atoms with Crippen molar-refractivity contribution in [1.29, 1.82) is 0 Å². The second kappa shape index (κ2) is 6.54. The highest BCUT2D eigenvalue weighted by atomic mass is 32.2. The lowest BCUT2D eigenvalue weighted by molar-refractivity contribution is -0.256. The second-order valence-corrected chi connectivity index (χ2v) is 7.35. The number of carbonyl (C=O) groups excluding carboxylic acids is 2. The highest BCUT2D eigenvalue weighted by Gasteiger charge is 2.40. The molecular formula is C13H10F5NO4S-2. The Morgan fingerprint density at radius 2 is 1.50 bits per heavy atom. The molecule has 0 N–H and O–H groups in total. The Kier molecular flexibility index (Phi) is 5.48. The van der Waals surface area contributed by atoms with Crippen molar-refractivity contribution in [2.45, 2.75) is 43.0 Å². The second-order valence-electron chi connectivity index (χ2n) is 5.51. The molecule has 24 heavy (non-hydrogen) atoms. The molecule has 0 saturated heterocycles. The Morgan fingerprint density at radius 1 is 1.04 bits per heavy atom. The maximum Gasteiger partial charge on any atom is 0.434 e. The van der Waals surface area contributed by atoms with E-state index in [4.69, 9.17) is 0 Å². The Bertz CT molecular complexity index is 682. The smallest absolute Gasteiger partial charge is 0.434 e. The summed E-state index contributed by atoms with van der Waals surface area (Å²) in [5.74, 6) is -4.65. The molecule has 134 valence electrons. The summed E-state index contributed by atoms with van der Waals surface area (Å²) in [5, 5.41) is 22.3. The third kappa shape index (κ3) is 4.34. The van der Waals surface area contributed by atoms with Gasteiger partial charge in [0.05, 0.1) is 11.9 Å². The molecule has 1 aromatic heterocycles. The van der Waals surface area contributed by atoms with Crippen LogP contribution in [0.15, 0.2) is 4.90 Å². The number of aromatic carboxylic acids is 2. The molecule has 0 radical (unpaired) electrons. The minimum absolute atomic E-state index is 0.358. The Hall–Kier alpha value is -1.91. The molecular weight excluding hydrogens is 361 g/mol. The normalized spacial score (nSPS) is 12.5. The van der Waals surface area contributed by atoms with Crippen LogP contribution in [0.2, 0.25) is 0 Å². The van der Waals surface area contributed by atoms with Crippen molar-refractivity contribution in [2.75, 3.05) is 0 Å². The molecule has 1 heterocycles. The number of alkyl halides is 5. The maximum absolute atomic E-state index is 13.0. The molecule has 0 amide bonds. The van der Waals surface area contributed by atoms with E-state index in [1.165, 1.54) is 20.8 Å². The molecule has 0 unspecified atom stereocenters. The van der Waals surface area contributed by atoms with Gasteiger partial charge in [-0.1, -0.05) is 20.8 Å². The number of rotatable bonds is 4. The van der Waals surface area contributed by atoms with Crippen molar-refractivity contribution >= 4 is 23.7 Å². The number of halogens is 5. The number of aromatic nitrogens is 1. The fourth-order valence-electron chi connectivity index (χ4n) is 1.74. The van der Waals surface area contributed by atoms with E-state index < -0.39 is 56.7 Å². The van der Waals surface area contributed by atoms with E-state index >= 15 is 0 Å². The molecule has 0 bridgehead atoms. The van der Waals surface area contributed by atoms with E-state index in [1.807, 2.05) is 0 Å². The van der Waals surface area contributed by atoms with E-state index in [-0.39, 0.29) is 0 Å². The molecule has 0 aliphatic carbocycles. The van der Waals surface area contributed by atoms with Crippen LogP contribution in [0.4, 0.5) is 22.0 Å². The summed E-state index contributed by atoms with van der Waals surface area (Å²) in [6.45, 7) is 4.27. The van der Waals surface area contributed by atoms with Gasteiger partial charge in [-0.3, -0.25) is 0 Å². The number of hydrogen-bond acceptors (Lipinski definition) is 6. The van der Waals surface area contributed by atoms with Gasteiger partial charge in [0.2, 0.25) is 0 Å². The van der Waals surface area contributed by atoms with E-state index in [2.05, 4.69) is 4.98 Å². The number of thioether (sulfide) groups is 1. The first-order valence-electron chi connectivity index (χ1n) is 6.21. The van der Waals surface area contributed by atoms with Crippen LogP contribution in [-0.4, -0.2) is 21.7 Å². The number of nitrogens with zero attached hydrogens (tertiary/aromatic N) is 1. The van der Waals surface area contributed by atoms with Gasteiger partial charge in [-0.15, -0.1) is 11.8 Å². The highest BCUT2D eigenvalue weighted by molar-refractivity contribution is 8.00. The molecule has 0 fully saturated rings. The lowest BCUT2D eigenvalue weighted by Crippen LogP contribution is -2.33. The van der Waals surface area contributed by atoms with Crippen molar-refractivity contribution in [2.24, 2.45) is 0 Å². The van der Waals surface area contributed by atoms with Gasteiger partial charge in [-0.25, -0.2) is 13.8 Å². The summed E-state index contributed by atoms with van der Waals surface area (Å²) in [4.78, 5) is 23.9. The number of hydrogen-bond donors (Lipinski definition) is 0. The van der Waals surface area contributed by atoms with Gasteiger partial charge >= 0.3 is 6.18 Å². The lowest BCUT2D eigenvalue weighted by Gasteiger charge is -2.26. The average molecular weight is 371 g/mol. The first-order chi connectivity index (χ1) is 10.7. The van der Waals surface area contributed by atoms with Gasteiger partial charge in [-0.2, -0.15) is 13.2 Å². The van der Waals surface area contributed by atoms with Crippen LogP contribution >= 0.6 is 11.8 Å². The molecule has 11 heteroatoms. The number of carboxylic acid groups (broad SMARTS) is 2. The zero-order chi connectivity index (χ0) is 19.0. The van der Waals surface area contributed by atoms with Crippen LogP contribution in [0, 0.1) is 0 Å². The highest BCUT2D eigenvalue weighted by Crippen LogP contribution is 2.43. The van der Waals surface area contributed by atoms with Gasteiger partial charge in [0.1, 0.15) is 5.69 Å². The summed E-state index contributed by atoms with van der Waals surface area (Å²) < 4.78 is 64.1. The summed E-state index contributed by atoms with van der Waals surface area (Å²) in [6.07, 6.45) is -9.09. The van der Waals surface area contributed by atoms with Crippen LogP contribution in [-0.2, 0) is 6.18 Å². The summed E-state index contributed by atoms with van der Waals surface area (Å²) in [5.41, 5.74) is -6.85. The predicted molar refractivity (Wildman–Crippen MR) is 68.5 cm³/mol. The van der Waals surface area contributed by atoms with Gasteiger partial charge < -0.3 is 19.8 Å². The standard InChI is InChI=1S/C13H12F5NO4S/c1-12(2,3)24-7-4(10(20)21)6(9(14)15)19-8(13(16,17)18)5(7)11(22)23/h9H,1-3H3,(H,20,21)(H,22,23)/p-2. The largest absolute Gasteiger partial charge is 0.545 e. The zero-order valence-corrected chi connectivity index (χ0v) is 13.3. The Morgan fingerprint density at radius 3 is 1.79 bits per heavy atom. The molecule has 0 atom stereocenters. The monoisotopic (exact) mass is 371 g/mol. The molecule has 0 spiro atoms. The van der Waals surface area contributed by atoms with Crippen molar-refractivity contribution in [3.63, 3.8) is 0 Å². The van der Waals surface area contributed by atoms with Crippen LogP contribution in [0.25, 0.3) is 0 Å². The first kappa shape index (κ1) is 20.1. The van der Waals surface area contributed by atoms with Crippen molar-refractivity contribution in [3.8, 4) is 0 Å². The minimum Gasteiger partial charge on any atom is -0.545 e. The average Bonchev–Trinajstić information content (AvgIpc) is 2.32. The van der Waals surface area contributed by atoms with Crippen molar-refractivity contribution in [1.82, 2.24) is 4.98 Å². The molecule has 0 saturated carbocycles. The van der Waals surface area contributed by atoms with Gasteiger partial charge in [0, 0.05) is 20.8 Å². The molecule has 5 nitrogen and oxygen atoms in total. The number of carboxylic acids is 2. The predicted octanol–water partition coefficient (Wildman–Crippen LogP) is 1.66. The van der Waals surface area contributed by atoms with Crippen molar-refractivity contribution in [3.05, 3.63) is 22.5 Å². The maximum atomic E-state index is 13.0. The Balaban J connectivity index is 4.05. The van der Waals surface area contributed by atoms with Gasteiger partial charge in [0.25, 0.3) is 6.43 Å². The zero-order valence-electron chi connectivity index (χ0n) is 12.5. The van der Waals surface area contributed by atoms with E-state index in [9.17, 15) is 41.8 Å². The topological polar surface area (TPSA) is 93.2 Å². The van der Waals surface area contributed by atoms with E-state index in [0.717, 1.165) is 0 Å². The summed E-state index contributed by atoms with van der Waals surface area (Å²) in [7, 11) is 0. The van der Waals surface area contributed by atoms with Crippen LogP contribution in [0.1, 0.15) is 59.3 Å². The van der Waals surface area contributed by atoms with Crippen LogP contribution in [0.5, 0.6) is 0 Å². The molecule has 0 aliphatic rings. The Labute approximate surface area is 136 Å². The third-order valence-corrected chi connectivity index (χ3v) is 3.70. The van der Waals surface area contributed by atoms with Crippen LogP contribution in [0.3, 0.4) is 0 Å². The fraction of sp³-hybridized carbons (Fsp3) is 0.462. The minimum atomic E-state index is -5.41. The van der Waals surface area contributed by atoms with Crippen molar-refractivity contribution < 1.29 is 41.8 Å². The molecule has 0 aromatic carbocycles. The lowest BCUT2D eigenvalue weighted by atomic mass is 10.1. The summed E-state index contributed by atoms with van der Waals surface area (Å²) in [6, 6.07) is 0. The number of carbonyl (C=O) groups is 2. The molecule has 1 rings (SSSR count). The van der Waals surface area contributed by atoms with E-state index in [1.54, 1.807) is 0 Å². The van der Waals surface area contributed by atoms with E-state index in [0.29, 0.717) is 11.8 Å². The molecule has 0 aliphatic heterocycles. The SMILES string of the molecule is CC(C)(C)Sc1c(C(=O)[O-])c(C(F)F)nc(C(F)(F)F)c1C(=O)[O-]. The van der Waals surface area contributed by atoms with Crippen LogP contribution < -0.4 is 10.2 Å². The quantitative estimate of drug-likeness (QED) is 0.590. The third-order valence-electron chi connectivity index (χ3n) is 2.47. The molecule has 1 aromatic rings. The number of pyridine rings is 1. The van der Waals surface area contributed by atoms with Gasteiger partial charge in [0.15, 0.2) is 5.69 Å². The first-order valence-corrected chi connectivity index (χ1v) is 7.03.